The van der Waals surface area contributed by atoms with Crippen LogP contribution in [0, 0.1) is 0 Å². The second-order valence-corrected chi connectivity index (χ2v) is 9.47. The van der Waals surface area contributed by atoms with Gasteiger partial charge in [0.1, 0.15) is 0 Å². The van der Waals surface area contributed by atoms with Crippen molar-refractivity contribution in [3.63, 3.8) is 0 Å². The third kappa shape index (κ3) is 5.79. The van der Waals surface area contributed by atoms with Crippen LogP contribution in [-0.4, -0.2) is 79.8 Å². The lowest BCUT2D eigenvalue weighted by Crippen LogP contribution is -2.49. The highest BCUT2D eigenvalue weighted by atomic mass is 16.5. The minimum atomic E-state index is 0.110. The molecule has 2 N–H and O–H groups in total. The quantitative estimate of drug-likeness (QED) is 0.518. The highest BCUT2D eigenvalue weighted by Crippen LogP contribution is 2.33. The fourth-order valence-electron chi connectivity index (χ4n) is 5.51. The third-order valence-corrected chi connectivity index (χ3v) is 7.27. The number of ether oxygens (including phenoxy) is 1. The first-order valence-electron chi connectivity index (χ1n) is 12.4. The van der Waals surface area contributed by atoms with E-state index in [4.69, 9.17) is 9.73 Å². The molecule has 2 heterocycles. The number of hydrogen-bond donors (Lipinski definition) is 2. The number of nitrogens with one attached hydrogen (secondary N) is 2. The topological polar surface area (TPSA) is 52.1 Å². The van der Waals surface area contributed by atoms with Crippen molar-refractivity contribution in [1.29, 1.82) is 0 Å². The number of likely N-dealkylation sites (tertiary alicyclic amines) is 1. The van der Waals surface area contributed by atoms with Gasteiger partial charge in [-0.15, -0.1) is 0 Å². The van der Waals surface area contributed by atoms with Crippen LogP contribution in [0.4, 0.5) is 0 Å². The second-order valence-electron chi connectivity index (χ2n) is 9.47. The maximum Gasteiger partial charge on any atom is 0.194 e. The lowest BCUT2D eigenvalue weighted by Gasteiger charge is -2.34. The highest BCUT2D eigenvalue weighted by molar-refractivity contribution is 5.80. The summed E-state index contributed by atoms with van der Waals surface area (Å²) in [5, 5.41) is 7.56. The SMILES string of the molecule is CCNC(=NCC1(NC(C)c2ccccc2)CCCC1)N1CCC(N2CCOCC2)C1. The fourth-order valence-corrected chi connectivity index (χ4v) is 5.51. The van der Waals surface area contributed by atoms with Gasteiger partial charge in [-0.3, -0.25) is 9.89 Å². The summed E-state index contributed by atoms with van der Waals surface area (Å²) in [5.41, 5.74) is 1.47. The van der Waals surface area contributed by atoms with E-state index in [1.165, 1.54) is 37.7 Å². The van der Waals surface area contributed by atoms with Gasteiger partial charge in [0.05, 0.1) is 19.8 Å². The summed E-state index contributed by atoms with van der Waals surface area (Å²) < 4.78 is 5.54. The molecule has 2 atom stereocenters. The molecule has 0 aromatic heterocycles. The Bertz CT molecular complexity index is 697. The van der Waals surface area contributed by atoms with E-state index in [1.807, 2.05) is 0 Å². The number of benzene rings is 1. The van der Waals surface area contributed by atoms with Crippen LogP contribution in [0.15, 0.2) is 35.3 Å². The highest BCUT2D eigenvalue weighted by Gasteiger charge is 2.36. The van der Waals surface area contributed by atoms with Crippen molar-refractivity contribution >= 4 is 5.96 Å². The summed E-state index contributed by atoms with van der Waals surface area (Å²) in [5.74, 6) is 1.10. The Kier molecular flexibility index (Phi) is 7.86. The predicted octanol–water partition coefficient (Wildman–Crippen LogP) is 3.02. The summed E-state index contributed by atoms with van der Waals surface area (Å²) in [6.07, 6.45) is 6.23. The maximum absolute atomic E-state index is 5.54. The third-order valence-electron chi connectivity index (χ3n) is 7.27. The van der Waals surface area contributed by atoms with E-state index >= 15 is 0 Å². The van der Waals surface area contributed by atoms with Gasteiger partial charge in [-0.25, -0.2) is 0 Å². The fraction of sp³-hybridized carbons (Fsp3) is 0.720. The van der Waals surface area contributed by atoms with Crippen molar-refractivity contribution < 1.29 is 4.74 Å². The molecule has 0 amide bonds. The standard InChI is InChI=1S/C25H41N5O/c1-3-26-24(30-14-11-23(19-30)29-15-17-31-18-16-29)27-20-25(12-7-8-13-25)28-21(2)22-9-5-4-6-10-22/h4-6,9-10,21,23,28H,3,7-8,11-20H2,1-2H3,(H,26,27). The molecule has 0 bridgehead atoms. The maximum atomic E-state index is 5.54. The average Bonchev–Trinajstić information content (AvgIpc) is 3.48. The molecule has 2 unspecified atom stereocenters. The molecule has 3 fully saturated rings. The summed E-state index contributed by atoms with van der Waals surface area (Å²) in [4.78, 5) is 10.3. The van der Waals surface area contributed by atoms with Gasteiger partial charge in [0, 0.05) is 50.3 Å². The lowest BCUT2D eigenvalue weighted by molar-refractivity contribution is 0.0195. The molecule has 4 rings (SSSR count). The van der Waals surface area contributed by atoms with Crippen LogP contribution >= 0.6 is 0 Å². The molecular formula is C25H41N5O. The second kappa shape index (κ2) is 10.8. The molecule has 6 nitrogen and oxygen atoms in total. The summed E-state index contributed by atoms with van der Waals surface area (Å²) >= 11 is 0. The Balaban J connectivity index is 1.41. The van der Waals surface area contributed by atoms with Crippen molar-refractivity contribution in [3.05, 3.63) is 35.9 Å². The van der Waals surface area contributed by atoms with E-state index in [2.05, 4.69) is 64.6 Å². The Morgan fingerprint density at radius 3 is 2.61 bits per heavy atom. The molecule has 1 aromatic carbocycles. The number of rotatable bonds is 7. The van der Waals surface area contributed by atoms with Gasteiger partial charge in [0.15, 0.2) is 5.96 Å². The van der Waals surface area contributed by atoms with Gasteiger partial charge in [0.25, 0.3) is 0 Å². The van der Waals surface area contributed by atoms with E-state index in [0.717, 1.165) is 58.4 Å². The summed E-state index contributed by atoms with van der Waals surface area (Å²) in [6.45, 7) is 12.3. The van der Waals surface area contributed by atoms with Crippen molar-refractivity contribution in [2.75, 3.05) is 52.5 Å². The van der Waals surface area contributed by atoms with Gasteiger partial charge in [-0.05, 0) is 38.7 Å². The van der Waals surface area contributed by atoms with Gasteiger partial charge >= 0.3 is 0 Å². The Hall–Kier alpha value is -1.63. The normalized spacial score (nSPS) is 25.7. The van der Waals surface area contributed by atoms with Crippen molar-refractivity contribution in [1.82, 2.24) is 20.4 Å². The molecule has 1 aliphatic carbocycles. The monoisotopic (exact) mass is 427 g/mol. The molecule has 2 aliphatic heterocycles. The van der Waals surface area contributed by atoms with Crippen molar-refractivity contribution in [3.8, 4) is 0 Å². The zero-order valence-corrected chi connectivity index (χ0v) is 19.5. The number of nitrogens with zero attached hydrogens (tertiary/aromatic N) is 3. The zero-order valence-electron chi connectivity index (χ0n) is 19.5. The Morgan fingerprint density at radius 1 is 1.16 bits per heavy atom. The molecule has 31 heavy (non-hydrogen) atoms. The summed E-state index contributed by atoms with van der Waals surface area (Å²) in [7, 11) is 0. The van der Waals surface area contributed by atoms with E-state index in [-0.39, 0.29) is 5.54 Å². The van der Waals surface area contributed by atoms with Crippen LogP contribution in [0.3, 0.4) is 0 Å². The van der Waals surface area contributed by atoms with E-state index in [1.54, 1.807) is 0 Å². The Morgan fingerprint density at radius 2 is 1.90 bits per heavy atom. The van der Waals surface area contributed by atoms with Crippen molar-refractivity contribution in [2.24, 2.45) is 4.99 Å². The van der Waals surface area contributed by atoms with Crippen LogP contribution < -0.4 is 10.6 Å². The molecule has 172 valence electrons. The van der Waals surface area contributed by atoms with Crippen LogP contribution in [0.25, 0.3) is 0 Å². The van der Waals surface area contributed by atoms with E-state index in [9.17, 15) is 0 Å². The summed E-state index contributed by atoms with van der Waals surface area (Å²) in [6, 6.07) is 11.8. The van der Waals surface area contributed by atoms with Gasteiger partial charge < -0.3 is 20.3 Å². The molecular weight excluding hydrogens is 386 g/mol. The molecule has 2 saturated heterocycles. The molecule has 6 heteroatoms. The number of morpholine rings is 1. The van der Waals surface area contributed by atoms with E-state index < -0.39 is 0 Å². The van der Waals surface area contributed by atoms with Gasteiger partial charge in [-0.2, -0.15) is 0 Å². The van der Waals surface area contributed by atoms with Crippen LogP contribution in [0.2, 0.25) is 0 Å². The van der Waals surface area contributed by atoms with Crippen LogP contribution in [0.1, 0.15) is 57.6 Å². The van der Waals surface area contributed by atoms with Gasteiger partial charge in [-0.1, -0.05) is 43.2 Å². The Labute approximate surface area is 188 Å². The van der Waals surface area contributed by atoms with E-state index in [0.29, 0.717) is 12.1 Å². The van der Waals surface area contributed by atoms with Crippen LogP contribution in [0.5, 0.6) is 0 Å². The van der Waals surface area contributed by atoms with Gasteiger partial charge in [0.2, 0.25) is 0 Å². The molecule has 1 aromatic rings. The molecule has 1 saturated carbocycles. The van der Waals surface area contributed by atoms with Crippen LogP contribution in [-0.2, 0) is 4.74 Å². The first-order valence-corrected chi connectivity index (χ1v) is 12.4. The lowest BCUT2D eigenvalue weighted by atomic mass is 9.95. The molecule has 0 spiro atoms. The minimum absolute atomic E-state index is 0.110. The minimum Gasteiger partial charge on any atom is -0.379 e. The smallest absolute Gasteiger partial charge is 0.194 e. The van der Waals surface area contributed by atoms with Crippen molar-refractivity contribution in [2.45, 2.75) is 63.6 Å². The number of aliphatic imine (C=N–C) groups is 1. The average molecular weight is 428 g/mol. The number of hydrogen-bond acceptors (Lipinski definition) is 4. The number of guanidine groups is 1. The molecule has 3 aliphatic rings. The zero-order chi connectivity index (χ0) is 21.5. The predicted molar refractivity (Wildman–Crippen MR) is 128 cm³/mol. The largest absolute Gasteiger partial charge is 0.379 e. The molecule has 0 radical (unpaired) electrons. The first-order chi connectivity index (χ1) is 15.2. The first kappa shape index (κ1) is 22.6.